The van der Waals surface area contributed by atoms with Gasteiger partial charge in [-0.1, -0.05) is 36.0 Å². The SMILES string of the molecule is C=CCn1c(SCC(=O)Nc2sc3c(c2C(=O)OC(C)C)CCCC3)nnc1C(C)Oc1ccccc1C. The van der Waals surface area contributed by atoms with Crippen LogP contribution in [0, 0.1) is 6.92 Å². The third kappa shape index (κ3) is 6.47. The van der Waals surface area contributed by atoms with Gasteiger partial charge in [0.15, 0.2) is 17.1 Å². The van der Waals surface area contributed by atoms with Gasteiger partial charge in [-0.3, -0.25) is 9.36 Å². The molecule has 2 heterocycles. The van der Waals surface area contributed by atoms with Crippen LogP contribution in [0.5, 0.6) is 5.75 Å². The fraction of sp³-hybridized carbons (Fsp3) is 0.429. The van der Waals surface area contributed by atoms with E-state index in [1.54, 1.807) is 6.08 Å². The molecule has 1 aliphatic rings. The van der Waals surface area contributed by atoms with Gasteiger partial charge >= 0.3 is 5.97 Å². The molecule has 0 saturated carbocycles. The lowest BCUT2D eigenvalue weighted by Crippen LogP contribution is -2.19. The number of anilines is 1. The minimum Gasteiger partial charge on any atom is -0.482 e. The highest BCUT2D eigenvalue weighted by Crippen LogP contribution is 2.39. The molecular formula is C28H34N4O4S2. The summed E-state index contributed by atoms with van der Waals surface area (Å²) in [5, 5.41) is 12.8. The Balaban J connectivity index is 1.47. The second kappa shape index (κ2) is 12.6. The third-order valence-corrected chi connectivity index (χ3v) is 8.30. The van der Waals surface area contributed by atoms with Crippen molar-refractivity contribution < 1.29 is 19.1 Å². The molecule has 3 aromatic rings. The fourth-order valence-corrected chi connectivity index (χ4v) is 6.42. The molecule has 4 rings (SSSR count). The Bertz CT molecular complexity index is 1310. The lowest BCUT2D eigenvalue weighted by molar-refractivity contribution is -0.113. The van der Waals surface area contributed by atoms with E-state index >= 15 is 0 Å². The summed E-state index contributed by atoms with van der Waals surface area (Å²) in [5.41, 5.74) is 2.57. The fourth-order valence-electron chi connectivity index (χ4n) is 4.38. The number of fused-ring (bicyclic) bond motifs is 1. The molecule has 0 spiro atoms. The van der Waals surface area contributed by atoms with Gasteiger partial charge in [0.05, 0.1) is 17.4 Å². The number of rotatable bonds is 11. The van der Waals surface area contributed by atoms with Crippen LogP contribution in [0.1, 0.15) is 71.9 Å². The molecule has 202 valence electrons. The van der Waals surface area contributed by atoms with Crippen LogP contribution >= 0.6 is 23.1 Å². The zero-order valence-electron chi connectivity index (χ0n) is 22.3. The number of nitrogens with one attached hydrogen (secondary N) is 1. The maximum Gasteiger partial charge on any atom is 0.341 e. The van der Waals surface area contributed by atoms with Crippen LogP contribution in [0.4, 0.5) is 5.00 Å². The molecule has 2 aromatic heterocycles. The first kappa shape index (κ1) is 27.9. The van der Waals surface area contributed by atoms with Gasteiger partial charge in [0.1, 0.15) is 10.8 Å². The van der Waals surface area contributed by atoms with E-state index < -0.39 is 0 Å². The number of para-hydroxylation sites is 1. The smallest absolute Gasteiger partial charge is 0.341 e. The van der Waals surface area contributed by atoms with Crippen molar-refractivity contribution in [1.82, 2.24) is 14.8 Å². The molecule has 0 aliphatic heterocycles. The summed E-state index contributed by atoms with van der Waals surface area (Å²) >= 11 is 2.77. The average molecular weight is 555 g/mol. The number of thiophene rings is 1. The Labute approximate surface area is 231 Å². The normalized spacial score (nSPS) is 13.6. The van der Waals surface area contributed by atoms with Gasteiger partial charge in [-0.05, 0) is 70.6 Å². The zero-order chi connectivity index (χ0) is 27.2. The quantitative estimate of drug-likeness (QED) is 0.173. The van der Waals surface area contributed by atoms with Gasteiger partial charge in [0.2, 0.25) is 5.91 Å². The van der Waals surface area contributed by atoms with E-state index in [1.807, 2.05) is 56.5 Å². The number of amides is 1. The topological polar surface area (TPSA) is 95.3 Å². The highest BCUT2D eigenvalue weighted by Gasteiger charge is 2.28. The number of carbonyl (C=O) groups excluding carboxylic acids is 2. The van der Waals surface area contributed by atoms with E-state index in [2.05, 4.69) is 22.1 Å². The molecule has 1 aliphatic carbocycles. The van der Waals surface area contributed by atoms with Gasteiger partial charge in [-0.25, -0.2) is 4.79 Å². The van der Waals surface area contributed by atoms with E-state index in [-0.39, 0.29) is 29.8 Å². The van der Waals surface area contributed by atoms with E-state index in [0.29, 0.717) is 28.1 Å². The molecule has 10 heteroatoms. The molecular weight excluding hydrogens is 520 g/mol. The van der Waals surface area contributed by atoms with E-state index in [1.165, 1.54) is 23.1 Å². The highest BCUT2D eigenvalue weighted by atomic mass is 32.2. The van der Waals surface area contributed by atoms with Crippen molar-refractivity contribution in [2.24, 2.45) is 0 Å². The Morgan fingerprint density at radius 3 is 2.71 bits per heavy atom. The molecule has 0 bridgehead atoms. The number of ether oxygens (including phenoxy) is 2. The van der Waals surface area contributed by atoms with Crippen LogP contribution in [0.2, 0.25) is 0 Å². The predicted octanol–water partition coefficient (Wildman–Crippen LogP) is 6.15. The molecule has 1 amide bonds. The highest BCUT2D eigenvalue weighted by molar-refractivity contribution is 7.99. The van der Waals surface area contributed by atoms with Crippen LogP contribution < -0.4 is 10.1 Å². The van der Waals surface area contributed by atoms with Crippen molar-refractivity contribution in [3.8, 4) is 5.75 Å². The molecule has 38 heavy (non-hydrogen) atoms. The molecule has 1 atom stereocenters. The van der Waals surface area contributed by atoms with Crippen molar-refractivity contribution >= 4 is 40.0 Å². The number of thioether (sulfide) groups is 1. The van der Waals surface area contributed by atoms with Crippen molar-refractivity contribution in [1.29, 1.82) is 0 Å². The number of benzene rings is 1. The maximum absolute atomic E-state index is 13.0. The first-order chi connectivity index (χ1) is 18.3. The average Bonchev–Trinajstić information content (AvgIpc) is 3.44. The molecule has 0 radical (unpaired) electrons. The molecule has 1 unspecified atom stereocenters. The number of aryl methyl sites for hydroxylation is 2. The number of nitrogens with zero attached hydrogens (tertiary/aromatic N) is 3. The van der Waals surface area contributed by atoms with Crippen LogP contribution in [0.15, 0.2) is 42.1 Å². The lowest BCUT2D eigenvalue weighted by Gasteiger charge is -2.17. The minimum absolute atomic E-state index is 0.115. The van der Waals surface area contributed by atoms with Crippen molar-refractivity contribution in [2.45, 2.75) is 77.3 Å². The first-order valence-corrected chi connectivity index (χ1v) is 14.6. The summed E-state index contributed by atoms with van der Waals surface area (Å²) in [6.45, 7) is 11.9. The van der Waals surface area contributed by atoms with Crippen LogP contribution in [-0.2, 0) is 28.9 Å². The third-order valence-electron chi connectivity index (χ3n) is 6.12. The molecule has 1 aromatic carbocycles. The summed E-state index contributed by atoms with van der Waals surface area (Å²) in [6, 6.07) is 7.82. The maximum atomic E-state index is 13.0. The summed E-state index contributed by atoms with van der Waals surface area (Å²) < 4.78 is 13.6. The number of allylic oxidation sites excluding steroid dienone is 1. The summed E-state index contributed by atoms with van der Waals surface area (Å²) in [7, 11) is 0. The molecule has 0 fully saturated rings. The monoisotopic (exact) mass is 554 g/mol. The van der Waals surface area contributed by atoms with Crippen LogP contribution in [0.25, 0.3) is 0 Å². The standard InChI is InChI=1S/C28H34N4O4S2/c1-6-15-32-25(19(5)36-21-13-9-7-11-18(21)4)30-31-28(32)37-16-23(33)29-26-24(27(34)35-17(2)3)20-12-8-10-14-22(20)38-26/h6-7,9,11,13,17,19H,1,8,10,12,14-16H2,2-5H3,(H,29,33). The molecule has 1 N–H and O–H groups in total. The molecule has 8 nitrogen and oxygen atoms in total. The lowest BCUT2D eigenvalue weighted by atomic mass is 9.95. The van der Waals surface area contributed by atoms with Gasteiger partial charge in [-0.2, -0.15) is 0 Å². The minimum atomic E-state index is -0.375. The second-order valence-electron chi connectivity index (χ2n) is 9.47. The summed E-state index contributed by atoms with van der Waals surface area (Å²) in [6.07, 6.45) is 5.05. The summed E-state index contributed by atoms with van der Waals surface area (Å²) in [5.74, 6) is 0.961. The van der Waals surface area contributed by atoms with Gasteiger partial charge in [0, 0.05) is 11.4 Å². The number of carbonyl (C=O) groups is 2. The van der Waals surface area contributed by atoms with Crippen molar-refractivity contribution in [3.05, 3.63) is 64.3 Å². The number of hydrogen-bond acceptors (Lipinski definition) is 8. The van der Waals surface area contributed by atoms with Crippen LogP contribution in [0.3, 0.4) is 0 Å². The van der Waals surface area contributed by atoms with E-state index in [0.717, 1.165) is 47.4 Å². The Morgan fingerprint density at radius 2 is 1.97 bits per heavy atom. The Morgan fingerprint density at radius 1 is 1.21 bits per heavy atom. The van der Waals surface area contributed by atoms with Gasteiger partial charge in [0.25, 0.3) is 0 Å². The number of aromatic nitrogens is 3. The molecule has 0 saturated heterocycles. The largest absolute Gasteiger partial charge is 0.482 e. The predicted molar refractivity (Wildman–Crippen MR) is 151 cm³/mol. The Hall–Kier alpha value is -3.11. The first-order valence-electron chi connectivity index (χ1n) is 12.8. The van der Waals surface area contributed by atoms with Crippen molar-refractivity contribution in [3.63, 3.8) is 0 Å². The van der Waals surface area contributed by atoms with Gasteiger partial charge < -0.3 is 14.8 Å². The van der Waals surface area contributed by atoms with E-state index in [4.69, 9.17) is 9.47 Å². The Kier molecular flexibility index (Phi) is 9.27. The van der Waals surface area contributed by atoms with Gasteiger partial charge in [-0.15, -0.1) is 28.1 Å². The summed E-state index contributed by atoms with van der Waals surface area (Å²) in [4.78, 5) is 27.1. The van der Waals surface area contributed by atoms with E-state index in [9.17, 15) is 9.59 Å². The number of hydrogen-bond donors (Lipinski definition) is 1. The zero-order valence-corrected chi connectivity index (χ0v) is 23.9. The second-order valence-corrected chi connectivity index (χ2v) is 11.5. The van der Waals surface area contributed by atoms with Crippen LogP contribution in [-0.4, -0.2) is 38.5 Å². The number of esters is 1. The van der Waals surface area contributed by atoms with Crippen molar-refractivity contribution in [2.75, 3.05) is 11.1 Å².